The smallest absolute Gasteiger partial charge is 0.165 e. The van der Waals surface area contributed by atoms with E-state index in [1.54, 1.807) is 6.07 Å². The van der Waals surface area contributed by atoms with Gasteiger partial charge in [-0.3, -0.25) is 0 Å². The van der Waals surface area contributed by atoms with Crippen LogP contribution in [0.1, 0.15) is 5.56 Å². The van der Waals surface area contributed by atoms with Gasteiger partial charge in [0.05, 0.1) is 17.3 Å². The number of hydrogen-bond donors (Lipinski definition) is 1. The number of hydrogen-bond acceptors (Lipinski definition) is 3. The minimum Gasteiger partial charge on any atom is -0.494 e. The Labute approximate surface area is 158 Å². The zero-order chi connectivity index (χ0) is 18.5. The largest absolute Gasteiger partial charge is 0.494 e. The summed E-state index contributed by atoms with van der Waals surface area (Å²) in [6.45, 7) is 0.312. The lowest BCUT2D eigenvalue weighted by Crippen LogP contribution is -2.00. The van der Waals surface area contributed by atoms with E-state index in [-0.39, 0.29) is 5.75 Å². The minimum atomic E-state index is -0.469. The molecule has 3 aromatic rings. The Kier molecular flexibility index (Phi) is 5.73. The standard InChI is InChI=1S/C20H16BrF2NO2/c1-25-18-11-15(7-8-16(18)23)24-17-9-14(22)10-19(20(17)21)26-12-13-5-3-2-4-6-13/h2-11,24H,12H2,1H3. The topological polar surface area (TPSA) is 30.5 Å². The van der Waals surface area contributed by atoms with Crippen LogP contribution in [-0.4, -0.2) is 7.11 Å². The first kappa shape index (κ1) is 18.2. The quantitative estimate of drug-likeness (QED) is 0.526. The average molecular weight is 420 g/mol. The van der Waals surface area contributed by atoms with Crippen molar-refractivity contribution in [3.05, 3.63) is 82.3 Å². The predicted molar refractivity (Wildman–Crippen MR) is 101 cm³/mol. The van der Waals surface area contributed by atoms with Crippen LogP contribution in [0.25, 0.3) is 0 Å². The van der Waals surface area contributed by atoms with Gasteiger partial charge in [-0.2, -0.15) is 0 Å². The highest BCUT2D eigenvalue weighted by molar-refractivity contribution is 9.10. The normalized spacial score (nSPS) is 10.5. The van der Waals surface area contributed by atoms with Gasteiger partial charge in [0.1, 0.15) is 18.2 Å². The summed E-state index contributed by atoms with van der Waals surface area (Å²) in [5.41, 5.74) is 1.99. The minimum absolute atomic E-state index is 0.100. The zero-order valence-electron chi connectivity index (χ0n) is 13.9. The molecule has 0 bridgehead atoms. The van der Waals surface area contributed by atoms with E-state index >= 15 is 0 Å². The Morgan fingerprint density at radius 1 is 0.962 bits per heavy atom. The second kappa shape index (κ2) is 8.19. The second-order valence-electron chi connectivity index (χ2n) is 5.51. The van der Waals surface area contributed by atoms with Gasteiger partial charge in [-0.25, -0.2) is 8.78 Å². The number of nitrogens with one attached hydrogen (secondary N) is 1. The molecule has 0 atom stereocenters. The van der Waals surface area contributed by atoms with E-state index < -0.39 is 11.6 Å². The number of rotatable bonds is 6. The molecule has 0 spiro atoms. The molecule has 3 nitrogen and oxygen atoms in total. The van der Waals surface area contributed by atoms with Crippen molar-refractivity contribution in [3.63, 3.8) is 0 Å². The predicted octanol–water partition coefficient (Wildman–Crippen LogP) is 6.06. The molecule has 0 aliphatic carbocycles. The maximum atomic E-state index is 14.0. The summed E-state index contributed by atoms with van der Waals surface area (Å²) >= 11 is 3.44. The van der Waals surface area contributed by atoms with Crippen molar-refractivity contribution in [2.45, 2.75) is 6.61 Å². The third kappa shape index (κ3) is 4.32. The van der Waals surface area contributed by atoms with Crippen LogP contribution < -0.4 is 14.8 Å². The highest BCUT2D eigenvalue weighted by Crippen LogP contribution is 2.36. The van der Waals surface area contributed by atoms with Crippen molar-refractivity contribution in [1.29, 1.82) is 0 Å². The fourth-order valence-corrected chi connectivity index (χ4v) is 2.83. The first-order chi connectivity index (χ1) is 12.6. The van der Waals surface area contributed by atoms with Crippen LogP contribution in [0.15, 0.2) is 65.1 Å². The molecule has 0 aliphatic rings. The maximum Gasteiger partial charge on any atom is 0.165 e. The lowest BCUT2D eigenvalue weighted by molar-refractivity contribution is 0.303. The van der Waals surface area contributed by atoms with Crippen molar-refractivity contribution in [2.24, 2.45) is 0 Å². The number of anilines is 2. The lowest BCUT2D eigenvalue weighted by Gasteiger charge is -2.14. The molecular formula is C20H16BrF2NO2. The molecule has 3 aromatic carbocycles. The molecule has 134 valence electrons. The molecule has 0 fully saturated rings. The summed E-state index contributed by atoms with van der Waals surface area (Å²) in [5, 5.41) is 3.04. The van der Waals surface area contributed by atoms with Crippen LogP contribution in [0.3, 0.4) is 0 Å². The highest BCUT2D eigenvalue weighted by atomic mass is 79.9. The van der Waals surface area contributed by atoms with E-state index in [1.165, 1.54) is 31.4 Å². The summed E-state index contributed by atoms with van der Waals surface area (Å²) in [6.07, 6.45) is 0. The summed E-state index contributed by atoms with van der Waals surface area (Å²) in [5.74, 6) is -0.454. The van der Waals surface area contributed by atoms with Crippen molar-refractivity contribution >= 4 is 27.3 Å². The van der Waals surface area contributed by atoms with E-state index in [2.05, 4.69) is 21.2 Å². The van der Waals surface area contributed by atoms with E-state index in [4.69, 9.17) is 9.47 Å². The van der Waals surface area contributed by atoms with Crippen molar-refractivity contribution in [2.75, 3.05) is 12.4 Å². The van der Waals surface area contributed by atoms with Gasteiger partial charge < -0.3 is 14.8 Å². The van der Waals surface area contributed by atoms with Crippen LogP contribution >= 0.6 is 15.9 Å². The van der Waals surface area contributed by atoms with Gasteiger partial charge >= 0.3 is 0 Å². The molecule has 1 N–H and O–H groups in total. The van der Waals surface area contributed by atoms with Gasteiger partial charge in [0.15, 0.2) is 11.6 Å². The number of halogens is 3. The molecule has 3 rings (SSSR count). The summed E-state index contributed by atoms with van der Waals surface area (Å²) < 4.78 is 38.8. The molecule has 0 aromatic heterocycles. The van der Waals surface area contributed by atoms with E-state index in [9.17, 15) is 8.78 Å². The molecule has 0 heterocycles. The molecule has 0 amide bonds. The Balaban J connectivity index is 1.83. The number of ether oxygens (including phenoxy) is 2. The highest BCUT2D eigenvalue weighted by Gasteiger charge is 2.12. The summed E-state index contributed by atoms with van der Waals surface area (Å²) in [4.78, 5) is 0. The Hall–Kier alpha value is -2.60. The van der Waals surface area contributed by atoms with Crippen LogP contribution in [-0.2, 0) is 6.61 Å². The van der Waals surface area contributed by atoms with Crippen molar-refractivity contribution in [3.8, 4) is 11.5 Å². The summed E-state index contributed by atoms with van der Waals surface area (Å²) in [6, 6.07) is 16.5. The molecule has 0 unspecified atom stereocenters. The molecule has 0 saturated carbocycles. The maximum absolute atomic E-state index is 14.0. The van der Waals surface area contributed by atoms with Gasteiger partial charge in [0.2, 0.25) is 0 Å². The molecule has 0 radical (unpaired) electrons. The lowest BCUT2D eigenvalue weighted by atomic mass is 10.2. The van der Waals surface area contributed by atoms with Crippen LogP contribution in [0.5, 0.6) is 11.5 Å². The Bertz CT molecular complexity index is 904. The molecule has 0 aliphatic heterocycles. The number of benzene rings is 3. The van der Waals surface area contributed by atoms with Crippen molar-refractivity contribution < 1.29 is 18.3 Å². The average Bonchev–Trinajstić information content (AvgIpc) is 2.65. The first-order valence-corrected chi connectivity index (χ1v) is 8.62. The van der Waals surface area contributed by atoms with Crippen LogP contribution in [0.4, 0.5) is 20.2 Å². The SMILES string of the molecule is COc1cc(Nc2cc(F)cc(OCc3ccccc3)c2Br)ccc1F. The third-order valence-corrected chi connectivity index (χ3v) is 4.49. The fourth-order valence-electron chi connectivity index (χ4n) is 2.39. The first-order valence-electron chi connectivity index (χ1n) is 7.83. The Morgan fingerprint density at radius 2 is 1.73 bits per heavy atom. The van der Waals surface area contributed by atoms with Gasteiger partial charge in [-0.15, -0.1) is 0 Å². The van der Waals surface area contributed by atoms with E-state index in [0.717, 1.165) is 5.56 Å². The van der Waals surface area contributed by atoms with E-state index in [0.29, 0.717) is 28.2 Å². The monoisotopic (exact) mass is 419 g/mol. The molecular weight excluding hydrogens is 404 g/mol. The third-order valence-electron chi connectivity index (χ3n) is 3.67. The van der Waals surface area contributed by atoms with Gasteiger partial charge in [0, 0.05) is 17.8 Å². The van der Waals surface area contributed by atoms with Gasteiger partial charge in [0.25, 0.3) is 0 Å². The Morgan fingerprint density at radius 3 is 2.46 bits per heavy atom. The second-order valence-corrected chi connectivity index (χ2v) is 6.31. The van der Waals surface area contributed by atoms with Gasteiger partial charge in [-0.05, 0) is 39.7 Å². The fraction of sp³-hybridized carbons (Fsp3) is 0.100. The van der Waals surface area contributed by atoms with Gasteiger partial charge in [-0.1, -0.05) is 30.3 Å². The van der Waals surface area contributed by atoms with Crippen LogP contribution in [0, 0.1) is 11.6 Å². The summed E-state index contributed by atoms with van der Waals surface area (Å²) in [7, 11) is 1.38. The van der Waals surface area contributed by atoms with Crippen LogP contribution in [0.2, 0.25) is 0 Å². The molecule has 0 saturated heterocycles. The zero-order valence-corrected chi connectivity index (χ0v) is 15.5. The van der Waals surface area contributed by atoms with E-state index in [1.807, 2.05) is 30.3 Å². The molecule has 6 heteroatoms. The molecule has 26 heavy (non-hydrogen) atoms. The number of methoxy groups -OCH3 is 1. The van der Waals surface area contributed by atoms with Crippen molar-refractivity contribution in [1.82, 2.24) is 0 Å².